The van der Waals surface area contributed by atoms with Gasteiger partial charge in [0.05, 0.1) is 92.9 Å². The number of fused-ring (bicyclic) bond motifs is 3. The molecule has 5 N–H and O–H groups in total. The van der Waals surface area contributed by atoms with E-state index in [1.54, 1.807) is 33.8 Å². The highest BCUT2D eigenvalue weighted by molar-refractivity contribution is 6.22. The molecule has 0 aromatic carbocycles. The lowest BCUT2D eigenvalue weighted by atomic mass is 9.43. The zero-order chi connectivity index (χ0) is 69.1. The molecular formula is C69H100N2O24. The molecule has 10 aliphatic rings. The monoisotopic (exact) mass is 1340 g/mol. The molecule has 0 aromatic rings. The maximum Gasteiger partial charge on any atom is 0.407 e. The lowest BCUT2D eigenvalue weighted by Gasteiger charge is -2.60. The summed E-state index contributed by atoms with van der Waals surface area (Å²) in [6.45, 7) is 23.0. The van der Waals surface area contributed by atoms with Crippen LogP contribution in [0.25, 0.3) is 0 Å². The van der Waals surface area contributed by atoms with E-state index in [2.05, 4.69) is 25.2 Å². The van der Waals surface area contributed by atoms with Crippen LogP contribution in [0.3, 0.4) is 0 Å². The number of amides is 1. The number of aliphatic hydroxyl groups excluding tert-OH is 4. The van der Waals surface area contributed by atoms with E-state index in [1.807, 2.05) is 46.8 Å². The summed E-state index contributed by atoms with van der Waals surface area (Å²) in [7, 11) is 1.16. The van der Waals surface area contributed by atoms with E-state index in [0.29, 0.717) is 49.5 Å². The van der Waals surface area contributed by atoms with Crippen LogP contribution in [-0.4, -0.2) is 203 Å². The Labute approximate surface area is 555 Å². The molecule has 3 unspecified atom stereocenters. The normalized spacial score (nSPS) is 47.4. The lowest BCUT2D eigenvalue weighted by molar-refractivity contribution is -0.581. The number of nitrogens with one attached hydrogen (secondary N) is 1. The maximum atomic E-state index is 16.4. The van der Waals surface area contributed by atoms with Crippen molar-refractivity contribution in [2.45, 2.75) is 288 Å². The quantitative estimate of drug-likeness (QED) is 0.0214. The van der Waals surface area contributed by atoms with Crippen LogP contribution in [-0.2, 0) is 80.8 Å². The molecule has 6 fully saturated rings. The topological polar surface area (TPSA) is 341 Å². The molecule has 95 heavy (non-hydrogen) atoms. The molecule has 530 valence electrons. The van der Waals surface area contributed by atoms with Crippen molar-refractivity contribution in [3.05, 3.63) is 68.5 Å². The van der Waals surface area contributed by atoms with E-state index in [0.717, 1.165) is 7.11 Å². The number of Topliss-reactive ketones (excluding diaryl/α,β-unsaturated/α-hetero) is 1. The van der Waals surface area contributed by atoms with Crippen LogP contribution in [0.5, 0.6) is 0 Å². The van der Waals surface area contributed by atoms with Crippen molar-refractivity contribution in [2.75, 3.05) is 13.7 Å². The zero-order valence-electron chi connectivity index (χ0n) is 57.1. The summed E-state index contributed by atoms with van der Waals surface area (Å²) in [6, 6.07) is -1.06. The van der Waals surface area contributed by atoms with Gasteiger partial charge < -0.3 is 87.3 Å². The van der Waals surface area contributed by atoms with Crippen LogP contribution in [0.2, 0.25) is 0 Å². The fourth-order valence-electron chi connectivity index (χ4n) is 17.4. The fraction of sp³-hybridized carbons (Fsp3) is 0.783. The number of carbonyl (C=O) groups is 5. The van der Waals surface area contributed by atoms with Gasteiger partial charge >= 0.3 is 18.0 Å². The number of aldehydes is 1. The second-order valence-corrected chi connectivity index (χ2v) is 29.2. The summed E-state index contributed by atoms with van der Waals surface area (Å²) in [4.78, 5) is 81.3. The lowest BCUT2D eigenvalue weighted by Crippen LogP contribution is -2.65. The van der Waals surface area contributed by atoms with Crippen LogP contribution in [0, 0.1) is 50.5 Å². The van der Waals surface area contributed by atoms with Gasteiger partial charge in [-0.3, -0.25) is 24.5 Å². The molecule has 29 atom stereocenters. The van der Waals surface area contributed by atoms with Crippen LogP contribution in [0.4, 0.5) is 4.79 Å². The molecule has 26 nitrogen and oxygen atoms in total. The highest BCUT2D eigenvalue weighted by Crippen LogP contribution is 2.64. The van der Waals surface area contributed by atoms with Crippen molar-refractivity contribution in [3.8, 4) is 0 Å². The first-order valence-electron chi connectivity index (χ1n) is 33.9. The third-order valence-electron chi connectivity index (χ3n) is 22.8. The number of rotatable bonds is 15. The molecule has 1 saturated carbocycles. The first-order chi connectivity index (χ1) is 44.8. The maximum absolute atomic E-state index is 16.4. The number of alkyl carbamates (subject to hydrolysis) is 1. The van der Waals surface area contributed by atoms with Crippen LogP contribution >= 0.6 is 0 Å². The molecule has 1 spiro atoms. The molecule has 6 heterocycles. The van der Waals surface area contributed by atoms with Crippen LogP contribution in [0.1, 0.15) is 154 Å². The predicted molar refractivity (Wildman–Crippen MR) is 335 cm³/mol. The Bertz CT molecular complexity index is 3030. The highest BCUT2D eigenvalue weighted by atomic mass is 16.7. The number of ketones is 1. The Morgan fingerprint density at radius 3 is 2.06 bits per heavy atom. The van der Waals surface area contributed by atoms with Gasteiger partial charge in [0.2, 0.25) is 5.54 Å². The van der Waals surface area contributed by atoms with Crippen LogP contribution < -0.4 is 5.32 Å². The van der Waals surface area contributed by atoms with Gasteiger partial charge in [0.25, 0.3) is 0 Å². The zero-order valence-corrected chi connectivity index (χ0v) is 57.1. The minimum atomic E-state index is -2.11. The van der Waals surface area contributed by atoms with Gasteiger partial charge in [-0.15, -0.1) is 0 Å². The summed E-state index contributed by atoms with van der Waals surface area (Å²) in [5.74, 6) is -5.77. The summed E-state index contributed by atoms with van der Waals surface area (Å²) in [6.07, 6.45) is -3.11. The second-order valence-electron chi connectivity index (χ2n) is 29.2. The summed E-state index contributed by atoms with van der Waals surface area (Å²) in [5.41, 5.74) is -5.91. The molecule has 10 rings (SSSR count). The Morgan fingerprint density at radius 1 is 0.768 bits per heavy atom. The van der Waals surface area contributed by atoms with Crippen molar-refractivity contribution in [1.82, 2.24) is 5.32 Å². The largest absolute Gasteiger partial charge is 0.507 e. The van der Waals surface area contributed by atoms with Crippen molar-refractivity contribution in [2.24, 2.45) is 40.4 Å². The Kier molecular flexibility index (Phi) is 21.9. The van der Waals surface area contributed by atoms with Gasteiger partial charge in [-0.05, 0) is 109 Å². The van der Waals surface area contributed by atoms with E-state index in [4.69, 9.17) is 61.6 Å². The van der Waals surface area contributed by atoms with Crippen molar-refractivity contribution >= 4 is 30.1 Å². The minimum Gasteiger partial charge on any atom is -0.507 e. The van der Waals surface area contributed by atoms with Gasteiger partial charge in [-0.25, -0.2) is 9.59 Å². The number of allylic oxidation sites excluding steroid dienone is 2. The third kappa shape index (κ3) is 14.0. The molecule has 5 saturated heterocycles. The molecule has 6 aliphatic heterocycles. The van der Waals surface area contributed by atoms with Gasteiger partial charge in [-0.1, -0.05) is 57.6 Å². The number of aliphatic hydroxyl groups is 4. The van der Waals surface area contributed by atoms with Gasteiger partial charge in [0.15, 0.2) is 48.4 Å². The Hall–Kier alpha value is -5.07. The second kappa shape index (κ2) is 28.6. The van der Waals surface area contributed by atoms with E-state index in [-0.39, 0.29) is 56.1 Å². The molecule has 4 aliphatic carbocycles. The number of nitro groups is 1. The first-order valence-corrected chi connectivity index (χ1v) is 33.9. The van der Waals surface area contributed by atoms with Gasteiger partial charge in [-0.2, -0.15) is 0 Å². The number of hydrogen-bond acceptors (Lipinski definition) is 24. The summed E-state index contributed by atoms with van der Waals surface area (Å²) in [5, 5.41) is 61.5. The van der Waals surface area contributed by atoms with Gasteiger partial charge in [0.1, 0.15) is 30.1 Å². The first kappa shape index (κ1) is 72.7. The number of esters is 2. The summed E-state index contributed by atoms with van der Waals surface area (Å²) >= 11 is 0. The molecule has 26 heteroatoms. The SMILES string of the molecule is COC(=O)N[C@H]1[C@@H](C)O[C@@H](CO[C@H]2C/C=C(\C)[C@]3(C)C=C[C@@H]4[C@@H](O[C@H]5C[C@@H](O[C@H]6CCC(O[C@H]7C[C@@H](O)C(O[C@H]8CC[C@@H](O)[C@H](C)O8)[C@H](C)O7)[C@H](C)O6)[C@@H](OC(C)=O)[C@H](C)O5)[C@@H](C)C[C@H](C)[C@H]4[C@]3(C)C(=O)C3=C(O)C4(CC(C=O)=C[C@H](O)[C@H]4/C=C/2C)OC3=O)C[C@]1(C)[N+](=O)[O-]. The number of carbonyl (C=O) groups excluding carboxylic acids is 5. The van der Waals surface area contributed by atoms with Crippen molar-refractivity contribution < 1.29 is 111 Å². The predicted octanol–water partition coefficient (Wildman–Crippen LogP) is 6.79. The van der Waals surface area contributed by atoms with E-state index < -0.39 is 203 Å². The average molecular weight is 1340 g/mol. The number of nitrogens with zero attached hydrogens (tertiary/aromatic N) is 1. The van der Waals surface area contributed by atoms with Crippen molar-refractivity contribution in [1.29, 1.82) is 0 Å². The van der Waals surface area contributed by atoms with Crippen molar-refractivity contribution in [3.63, 3.8) is 0 Å². The molecule has 0 radical (unpaired) electrons. The smallest absolute Gasteiger partial charge is 0.407 e. The highest BCUT2D eigenvalue weighted by Gasteiger charge is 2.67. The standard InChI is InChI=1S/C69H100N2O24/c1-32-24-45-47(75)25-42(30-72)28-69(45)63(78)56(64(79)95-69)62(77)68(13)57-33(2)23-34(3)58(44(57)21-22-66(68,11)35(4)15-17-49(32)84-31-43-29-67(12,71(81)82)61(40(9)85-43)70-65(80)83-14)94-55-27-51(60(39(8)89-55)90-41(10)73)92-52-20-18-50(37(6)87-52)91-54-26-48(76)59(38(7)88-54)93-53-19-16-46(74)36(5)86-53/h15,21-22,24-25,30,33-34,36-40,43-55,57-61,74-76,78H,16-20,23,26-29,31H2,1-14H3,(H,70,80)/b32-24+,35-15+/t33-,34-,36-,37-,38-,39-,40+,43+,44-,45+,46+,47-,48+,49-,50?,51+,52-,53-,54-,55-,57+,58-,59?,60-,61-,66-,67-,68+,69?/m0/s1. The van der Waals surface area contributed by atoms with E-state index >= 15 is 4.79 Å². The molecule has 0 aromatic heterocycles. The number of hydrogen-bond donors (Lipinski definition) is 5. The Balaban J connectivity index is 0.904. The minimum absolute atomic E-state index is 0.0321. The van der Waals surface area contributed by atoms with Crippen LogP contribution in [0.15, 0.2) is 58.4 Å². The average Bonchev–Trinajstić information content (AvgIpc) is 1.46. The number of ether oxygens (including phenoxy) is 13. The molecular weight excluding hydrogens is 1240 g/mol. The number of methoxy groups -OCH3 is 1. The van der Waals surface area contributed by atoms with Gasteiger partial charge in [0, 0.05) is 74.0 Å². The summed E-state index contributed by atoms with van der Waals surface area (Å²) < 4.78 is 81.7. The third-order valence-corrected chi connectivity index (χ3v) is 22.8. The Morgan fingerprint density at radius 2 is 1.41 bits per heavy atom. The van der Waals surface area contributed by atoms with E-state index in [1.165, 1.54) is 19.9 Å². The fourth-order valence-corrected chi connectivity index (χ4v) is 17.4. The molecule has 2 bridgehead atoms. The molecule has 1 amide bonds. The van der Waals surface area contributed by atoms with E-state index in [9.17, 15) is 49.7 Å².